The fourth-order valence-electron chi connectivity index (χ4n) is 4.15. The summed E-state index contributed by atoms with van der Waals surface area (Å²) in [5.41, 5.74) is 5.38. The van der Waals surface area contributed by atoms with Crippen LogP contribution < -0.4 is 5.63 Å². The summed E-state index contributed by atoms with van der Waals surface area (Å²) in [6, 6.07) is 16.6. The van der Waals surface area contributed by atoms with Crippen LogP contribution >= 0.6 is 0 Å². The third kappa shape index (κ3) is 4.14. The lowest BCUT2D eigenvalue weighted by Crippen LogP contribution is -2.34. The molecule has 0 bridgehead atoms. The number of fused-ring (bicyclic) bond motifs is 1. The normalized spacial score (nSPS) is 16.1. The minimum Gasteiger partial charge on any atom is -0.423 e. The second kappa shape index (κ2) is 7.69. The second-order valence-corrected chi connectivity index (χ2v) is 7.93. The number of hydrogen-bond donors (Lipinski definition) is 0. The van der Waals surface area contributed by atoms with Gasteiger partial charge in [-0.2, -0.15) is 0 Å². The summed E-state index contributed by atoms with van der Waals surface area (Å²) in [5, 5.41) is 1.07. The fourth-order valence-corrected chi connectivity index (χ4v) is 4.15. The van der Waals surface area contributed by atoms with Gasteiger partial charge in [-0.15, -0.1) is 0 Å². The van der Waals surface area contributed by atoms with Gasteiger partial charge in [0.2, 0.25) is 0 Å². The first kappa shape index (κ1) is 18.0. The molecule has 0 amide bonds. The molecule has 3 heteroatoms. The molecule has 0 aliphatic carbocycles. The summed E-state index contributed by atoms with van der Waals surface area (Å²) in [5.74, 6) is 0.756. The van der Waals surface area contributed by atoms with Crippen LogP contribution in [0.2, 0.25) is 0 Å². The van der Waals surface area contributed by atoms with Crippen LogP contribution in [-0.2, 0) is 13.0 Å². The van der Waals surface area contributed by atoms with Gasteiger partial charge >= 0.3 is 5.63 Å². The van der Waals surface area contributed by atoms with Crippen LogP contribution in [0, 0.1) is 19.8 Å². The van der Waals surface area contributed by atoms with Crippen molar-refractivity contribution in [2.24, 2.45) is 5.92 Å². The van der Waals surface area contributed by atoms with Crippen LogP contribution in [-0.4, -0.2) is 18.0 Å². The third-order valence-electron chi connectivity index (χ3n) is 5.91. The maximum Gasteiger partial charge on any atom is 0.336 e. The Morgan fingerprint density at radius 2 is 1.70 bits per heavy atom. The van der Waals surface area contributed by atoms with E-state index in [1.165, 1.54) is 30.4 Å². The Balaban J connectivity index is 1.46. The minimum atomic E-state index is -0.250. The molecule has 1 saturated heterocycles. The van der Waals surface area contributed by atoms with Crippen molar-refractivity contribution < 1.29 is 4.42 Å². The molecule has 2 heterocycles. The van der Waals surface area contributed by atoms with Crippen molar-refractivity contribution in [3.63, 3.8) is 0 Å². The Labute approximate surface area is 160 Å². The predicted molar refractivity (Wildman–Crippen MR) is 110 cm³/mol. The molecule has 4 rings (SSSR count). The molecule has 0 atom stereocenters. The number of likely N-dealkylation sites (tertiary alicyclic amines) is 1. The van der Waals surface area contributed by atoms with E-state index in [1.54, 1.807) is 6.07 Å². The monoisotopic (exact) mass is 361 g/mol. The number of piperidine rings is 1. The maximum absolute atomic E-state index is 12.0. The molecule has 3 aromatic rings. The minimum absolute atomic E-state index is 0.250. The summed E-state index contributed by atoms with van der Waals surface area (Å²) >= 11 is 0. The van der Waals surface area contributed by atoms with Gasteiger partial charge in [-0.3, -0.25) is 4.90 Å². The number of hydrogen-bond acceptors (Lipinski definition) is 3. The molecule has 2 aromatic carbocycles. The van der Waals surface area contributed by atoms with Gasteiger partial charge in [0.15, 0.2) is 0 Å². The van der Waals surface area contributed by atoms with E-state index in [1.807, 2.05) is 6.07 Å². The Kier molecular flexibility index (Phi) is 5.13. The average molecular weight is 361 g/mol. The molecule has 140 valence electrons. The zero-order valence-electron chi connectivity index (χ0n) is 16.2. The Morgan fingerprint density at radius 1 is 1.00 bits per heavy atom. The van der Waals surface area contributed by atoms with Crippen molar-refractivity contribution in [1.82, 2.24) is 4.90 Å². The molecule has 1 aliphatic heterocycles. The van der Waals surface area contributed by atoms with Crippen LogP contribution in [0.5, 0.6) is 0 Å². The zero-order chi connectivity index (χ0) is 18.8. The quantitative estimate of drug-likeness (QED) is 0.622. The lowest BCUT2D eigenvalue weighted by molar-refractivity contribution is 0.177. The SMILES string of the molecule is Cc1cc2oc(=O)cc(CN3CCC(Cc4ccccc4)CC3)c2cc1C. The lowest BCUT2D eigenvalue weighted by Gasteiger charge is -2.32. The first-order chi connectivity index (χ1) is 13.1. The van der Waals surface area contributed by atoms with Crippen LogP contribution in [0.25, 0.3) is 11.0 Å². The van der Waals surface area contributed by atoms with Crippen molar-refractivity contribution >= 4 is 11.0 Å². The number of nitrogens with zero attached hydrogens (tertiary/aromatic N) is 1. The predicted octanol–water partition coefficient (Wildman–Crippen LogP) is 4.86. The first-order valence-corrected chi connectivity index (χ1v) is 9.89. The first-order valence-electron chi connectivity index (χ1n) is 9.89. The molecule has 1 aromatic heterocycles. The van der Waals surface area contributed by atoms with E-state index in [-0.39, 0.29) is 5.63 Å². The van der Waals surface area contributed by atoms with E-state index in [2.05, 4.69) is 55.1 Å². The van der Waals surface area contributed by atoms with Gasteiger partial charge in [0.1, 0.15) is 5.58 Å². The average Bonchev–Trinajstić information content (AvgIpc) is 2.66. The number of benzene rings is 2. The molecule has 0 saturated carbocycles. The van der Waals surface area contributed by atoms with Crippen molar-refractivity contribution in [2.75, 3.05) is 13.1 Å². The molecule has 0 spiro atoms. The van der Waals surface area contributed by atoms with Crippen LogP contribution in [0.1, 0.15) is 35.1 Å². The van der Waals surface area contributed by atoms with Gasteiger partial charge in [-0.1, -0.05) is 30.3 Å². The van der Waals surface area contributed by atoms with Crippen molar-refractivity contribution in [3.05, 3.63) is 81.2 Å². The van der Waals surface area contributed by atoms with E-state index in [9.17, 15) is 4.79 Å². The third-order valence-corrected chi connectivity index (χ3v) is 5.91. The van der Waals surface area contributed by atoms with Crippen molar-refractivity contribution in [1.29, 1.82) is 0 Å². The molecule has 0 N–H and O–H groups in total. The lowest BCUT2D eigenvalue weighted by atomic mass is 9.90. The summed E-state index contributed by atoms with van der Waals surface area (Å²) in [7, 11) is 0. The standard InChI is InChI=1S/C24H27NO2/c1-17-12-22-21(15-24(26)27-23(22)13-18(17)2)16-25-10-8-20(9-11-25)14-19-6-4-3-5-7-19/h3-7,12-13,15,20H,8-11,14,16H2,1-2H3. The van der Waals surface area contributed by atoms with Gasteiger partial charge in [0.25, 0.3) is 0 Å². The molecule has 0 unspecified atom stereocenters. The van der Waals surface area contributed by atoms with Crippen molar-refractivity contribution in [3.8, 4) is 0 Å². The van der Waals surface area contributed by atoms with E-state index < -0.39 is 0 Å². The molecule has 1 aliphatic rings. The molecule has 3 nitrogen and oxygen atoms in total. The highest BCUT2D eigenvalue weighted by atomic mass is 16.4. The highest BCUT2D eigenvalue weighted by Crippen LogP contribution is 2.26. The van der Waals surface area contributed by atoms with E-state index >= 15 is 0 Å². The van der Waals surface area contributed by atoms with E-state index in [0.29, 0.717) is 5.58 Å². The Hall–Kier alpha value is -2.39. The van der Waals surface area contributed by atoms with Gasteiger partial charge in [0.05, 0.1) is 0 Å². The van der Waals surface area contributed by atoms with E-state index in [4.69, 9.17) is 4.42 Å². The Bertz CT molecular complexity index is 982. The highest BCUT2D eigenvalue weighted by molar-refractivity contribution is 5.81. The zero-order valence-corrected chi connectivity index (χ0v) is 16.2. The van der Waals surface area contributed by atoms with Gasteiger partial charge in [-0.25, -0.2) is 4.79 Å². The van der Waals surface area contributed by atoms with Crippen LogP contribution in [0.3, 0.4) is 0 Å². The van der Waals surface area contributed by atoms with Crippen molar-refractivity contribution in [2.45, 2.75) is 39.7 Å². The smallest absolute Gasteiger partial charge is 0.336 e. The summed E-state index contributed by atoms with van der Waals surface area (Å²) < 4.78 is 5.44. The fraction of sp³-hybridized carbons (Fsp3) is 0.375. The highest BCUT2D eigenvalue weighted by Gasteiger charge is 2.20. The molecule has 0 radical (unpaired) electrons. The topological polar surface area (TPSA) is 33.5 Å². The van der Waals surface area contributed by atoms with Crippen LogP contribution in [0.15, 0.2) is 57.7 Å². The largest absolute Gasteiger partial charge is 0.423 e. The molecule has 1 fully saturated rings. The van der Waals surface area contributed by atoms with E-state index in [0.717, 1.165) is 42.1 Å². The van der Waals surface area contributed by atoms with Crippen LogP contribution in [0.4, 0.5) is 0 Å². The maximum atomic E-state index is 12.0. The number of rotatable bonds is 4. The Morgan fingerprint density at radius 3 is 2.44 bits per heavy atom. The number of aryl methyl sites for hydroxylation is 2. The summed E-state index contributed by atoms with van der Waals surface area (Å²) in [6.07, 6.45) is 3.60. The van der Waals surface area contributed by atoms with Gasteiger partial charge in [-0.05, 0) is 86.5 Å². The summed E-state index contributed by atoms with van der Waals surface area (Å²) in [6.45, 7) is 7.16. The summed E-state index contributed by atoms with van der Waals surface area (Å²) in [4.78, 5) is 14.5. The molecular weight excluding hydrogens is 334 g/mol. The van der Waals surface area contributed by atoms with Gasteiger partial charge in [0, 0.05) is 18.0 Å². The molecular formula is C24H27NO2. The van der Waals surface area contributed by atoms with Gasteiger partial charge < -0.3 is 4.42 Å². The second-order valence-electron chi connectivity index (χ2n) is 7.93. The molecule has 27 heavy (non-hydrogen) atoms.